The van der Waals surface area contributed by atoms with Crippen LogP contribution in [0.3, 0.4) is 0 Å². The highest BCUT2D eigenvalue weighted by Gasteiger charge is 2.26. The van der Waals surface area contributed by atoms with Gasteiger partial charge >= 0.3 is 6.18 Å². The molecule has 8 heteroatoms. The molecule has 0 fully saturated rings. The summed E-state index contributed by atoms with van der Waals surface area (Å²) in [4.78, 5) is 3.93. The molecule has 2 N–H and O–H groups in total. The first-order chi connectivity index (χ1) is 9.81. The van der Waals surface area contributed by atoms with Gasteiger partial charge in [0.15, 0.2) is 5.96 Å². The molecule has 0 saturated carbocycles. The molecule has 0 atom stereocenters. The zero-order valence-corrected chi connectivity index (χ0v) is 11.4. The SMILES string of the molecule is CCNC(=NCc1cc(F)ccc1F)NCCC(F)(F)F. The molecule has 1 rings (SSSR count). The van der Waals surface area contributed by atoms with E-state index in [1.807, 2.05) is 0 Å². The van der Waals surface area contributed by atoms with Gasteiger partial charge in [-0.1, -0.05) is 0 Å². The van der Waals surface area contributed by atoms with Crippen LogP contribution >= 0.6 is 0 Å². The first-order valence-electron chi connectivity index (χ1n) is 6.34. The predicted octanol–water partition coefficient (Wildman–Crippen LogP) is 2.97. The molecule has 1 aromatic carbocycles. The number of rotatable bonds is 5. The summed E-state index contributed by atoms with van der Waals surface area (Å²) in [6.07, 6.45) is -5.27. The quantitative estimate of drug-likeness (QED) is 0.498. The van der Waals surface area contributed by atoms with Gasteiger partial charge in [-0.15, -0.1) is 0 Å². The van der Waals surface area contributed by atoms with E-state index in [0.717, 1.165) is 18.2 Å². The maximum Gasteiger partial charge on any atom is 0.390 e. The van der Waals surface area contributed by atoms with Crippen LogP contribution in [-0.4, -0.2) is 25.2 Å². The molecule has 0 heterocycles. The summed E-state index contributed by atoms with van der Waals surface area (Å²) in [6, 6.07) is 2.96. The van der Waals surface area contributed by atoms with Crippen LogP contribution in [0.1, 0.15) is 18.9 Å². The molecule has 0 aliphatic heterocycles. The summed E-state index contributed by atoms with van der Waals surface area (Å²) < 4.78 is 62.5. The van der Waals surface area contributed by atoms with Gasteiger partial charge in [0.2, 0.25) is 0 Å². The molecule has 0 amide bonds. The van der Waals surface area contributed by atoms with Crippen LogP contribution in [0.15, 0.2) is 23.2 Å². The van der Waals surface area contributed by atoms with Crippen LogP contribution in [0.4, 0.5) is 22.0 Å². The molecule has 0 radical (unpaired) electrons. The van der Waals surface area contributed by atoms with Crippen molar-refractivity contribution in [1.82, 2.24) is 10.6 Å². The van der Waals surface area contributed by atoms with Crippen molar-refractivity contribution >= 4 is 5.96 Å². The molecule has 0 unspecified atom stereocenters. The Hall–Kier alpha value is -1.86. The number of hydrogen-bond donors (Lipinski definition) is 2. The molecule has 0 saturated heterocycles. The Labute approximate surface area is 119 Å². The van der Waals surface area contributed by atoms with Crippen LogP contribution in [-0.2, 0) is 6.54 Å². The molecule has 0 aromatic heterocycles. The van der Waals surface area contributed by atoms with Crippen LogP contribution in [0, 0.1) is 11.6 Å². The normalized spacial score (nSPS) is 12.4. The molecule has 118 valence electrons. The van der Waals surface area contributed by atoms with Crippen LogP contribution in [0.5, 0.6) is 0 Å². The van der Waals surface area contributed by atoms with Crippen molar-refractivity contribution in [2.45, 2.75) is 26.1 Å². The van der Waals surface area contributed by atoms with E-state index < -0.39 is 24.2 Å². The van der Waals surface area contributed by atoms with E-state index in [0.29, 0.717) is 6.54 Å². The van der Waals surface area contributed by atoms with Gasteiger partial charge in [0.25, 0.3) is 0 Å². The number of alkyl halides is 3. The van der Waals surface area contributed by atoms with E-state index in [1.165, 1.54) is 0 Å². The van der Waals surface area contributed by atoms with Crippen molar-refractivity contribution in [3.63, 3.8) is 0 Å². The molecule has 3 nitrogen and oxygen atoms in total. The van der Waals surface area contributed by atoms with Gasteiger partial charge in [-0.2, -0.15) is 13.2 Å². The Balaban J connectivity index is 2.64. The maximum atomic E-state index is 13.4. The monoisotopic (exact) mass is 309 g/mol. The molecule has 21 heavy (non-hydrogen) atoms. The van der Waals surface area contributed by atoms with Crippen LogP contribution in [0.2, 0.25) is 0 Å². The second-order valence-corrected chi connectivity index (χ2v) is 4.22. The van der Waals surface area contributed by atoms with E-state index >= 15 is 0 Å². The Morgan fingerprint density at radius 1 is 1.19 bits per heavy atom. The molecule has 1 aromatic rings. The first kappa shape index (κ1) is 17.2. The second-order valence-electron chi connectivity index (χ2n) is 4.22. The third-order valence-corrected chi connectivity index (χ3v) is 2.46. The van der Waals surface area contributed by atoms with E-state index in [2.05, 4.69) is 15.6 Å². The summed E-state index contributed by atoms with van der Waals surface area (Å²) in [5, 5.41) is 5.21. The van der Waals surface area contributed by atoms with Gasteiger partial charge in [0.1, 0.15) is 11.6 Å². The number of benzene rings is 1. The summed E-state index contributed by atoms with van der Waals surface area (Å²) >= 11 is 0. The fraction of sp³-hybridized carbons (Fsp3) is 0.462. The minimum Gasteiger partial charge on any atom is -0.357 e. The number of guanidine groups is 1. The molecular formula is C13H16F5N3. The summed E-state index contributed by atoms with van der Waals surface area (Å²) in [5.41, 5.74) is 0.0306. The maximum absolute atomic E-state index is 13.4. The second kappa shape index (κ2) is 7.80. The topological polar surface area (TPSA) is 36.4 Å². The smallest absolute Gasteiger partial charge is 0.357 e. The highest BCUT2D eigenvalue weighted by molar-refractivity contribution is 5.79. The Kier molecular flexibility index (Phi) is 6.39. The third-order valence-electron chi connectivity index (χ3n) is 2.46. The number of hydrogen-bond acceptors (Lipinski definition) is 1. The van der Waals surface area contributed by atoms with Crippen LogP contribution < -0.4 is 10.6 Å². The average molecular weight is 309 g/mol. The molecule has 0 aliphatic rings. The van der Waals surface area contributed by atoms with Gasteiger partial charge < -0.3 is 10.6 Å². The van der Waals surface area contributed by atoms with Crippen molar-refractivity contribution in [2.24, 2.45) is 4.99 Å². The standard InChI is InChI=1S/C13H16F5N3/c1-2-19-12(20-6-5-13(16,17)18)21-8-9-7-10(14)3-4-11(9)15/h3-4,7H,2,5-6,8H2,1H3,(H2,19,20,21). The van der Waals surface area contributed by atoms with E-state index in [9.17, 15) is 22.0 Å². The number of halogens is 5. The summed E-state index contributed by atoms with van der Waals surface area (Å²) in [6.45, 7) is 1.65. The fourth-order valence-electron chi connectivity index (χ4n) is 1.49. The molecule has 0 bridgehead atoms. The van der Waals surface area contributed by atoms with Gasteiger partial charge in [0, 0.05) is 18.7 Å². The first-order valence-corrected chi connectivity index (χ1v) is 6.34. The van der Waals surface area contributed by atoms with Crippen LogP contribution in [0.25, 0.3) is 0 Å². The zero-order chi connectivity index (χ0) is 15.9. The number of nitrogens with zero attached hydrogens (tertiary/aromatic N) is 1. The molecule has 0 aliphatic carbocycles. The van der Waals surface area contributed by atoms with E-state index in [4.69, 9.17) is 0 Å². The van der Waals surface area contributed by atoms with E-state index in [-0.39, 0.29) is 24.6 Å². The Bertz CT molecular complexity index is 485. The lowest BCUT2D eigenvalue weighted by Gasteiger charge is -2.12. The lowest BCUT2D eigenvalue weighted by molar-refractivity contribution is -0.132. The van der Waals surface area contributed by atoms with Gasteiger partial charge in [-0.3, -0.25) is 0 Å². The average Bonchev–Trinajstić information content (AvgIpc) is 2.38. The molecular weight excluding hydrogens is 293 g/mol. The highest BCUT2D eigenvalue weighted by atomic mass is 19.4. The van der Waals surface area contributed by atoms with Gasteiger partial charge in [-0.25, -0.2) is 13.8 Å². The minimum absolute atomic E-state index is 0.0306. The van der Waals surface area contributed by atoms with Crippen molar-refractivity contribution in [1.29, 1.82) is 0 Å². The van der Waals surface area contributed by atoms with Gasteiger partial charge in [0.05, 0.1) is 13.0 Å². The summed E-state index contributed by atoms with van der Waals surface area (Å²) in [5.74, 6) is -1.10. The lowest BCUT2D eigenvalue weighted by Crippen LogP contribution is -2.38. The van der Waals surface area contributed by atoms with Gasteiger partial charge in [-0.05, 0) is 25.1 Å². The number of aliphatic imine (C=N–C) groups is 1. The van der Waals surface area contributed by atoms with Crippen molar-refractivity contribution in [2.75, 3.05) is 13.1 Å². The largest absolute Gasteiger partial charge is 0.390 e. The lowest BCUT2D eigenvalue weighted by atomic mass is 10.2. The van der Waals surface area contributed by atoms with Crippen molar-refractivity contribution in [3.05, 3.63) is 35.4 Å². The van der Waals surface area contributed by atoms with Crippen molar-refractivity contribution < 1.29 is 22.0 Å². The zero-order valence-electron chi connectivity index (χ0n) is 11.4. The Morgan fingerprint density at radius 3 is 2.52 bits per heavy atom. The number of nitrogens with one attached hydrogen (secondary N) is 2. The summed E-state index contributed by atoms with van der Waals surface area (Å²) in [7, 11) is 0. The Morgan fingerprint density at radius 2 is 1.90 bits per heavy atom. The molecule has 0 spiro atoms. The predicted molar refractivity (Wildman–Crippen MR) is 69.8 cm³/mol. The minimum atomic E-state index is -4.26. The third kappa shape index (κ3) is 6.92. The highest BCUT2D eigenvalue weighted by Crippen LogP contribution is 2.18. The van der Waals surface area contributed by atoms with E-state index in [1.54, 1.807) is 6.92 Å². The fourth-order valence-corrected chi connectivity index (χ4v) is 1.49. The van der Waals surface area contributed by atoms with Crippen molar-refractivity contribution in [3.8, 4) is 0 Å².